The Hall–Kier alpha value is -4.02. The number of hydrogen-bond donors (Lipinski definition) is 2. The third-order valence-electron chi connectivity index (χ3n) is 8.09. The molecule has 3 aromatic rings. The first-order chi connectivity index (χ1) is 19.0. The number of aliphatic hydroxyl groups excluding tert-OH is 1. The van der Waals surface area contributed by atoms with Gasteiger partial charge in [0.2, 0.25) is 0 Å². The number of rotatable bonds is 6. The zero-order valence-corrected chi connectivity index (χ0v) is 22.8. The van der Waals surface area contributed by atoms with Crippen molar-refractivity contribution in [1.29, 1.82) is 5.26 Å². The van der Waals surface area contributed by atoms with E-state index in [1.165, 1.54) is 0 Å². The van der Waals surface area contributed by atoms with Gasteiger partial charge in [-0.3, -0.25) is 4.79 Å². The van der Waals surface area contributed by atoms with Crippen molar-refractivity contribution in [3.05, 3.63) is 89.0 Å². The molecule has 0 saturated carbocycles. The number of anilines is 3. The lowest BCUT2D eigenvalue weighted by atomic mass is 9.99. The molecule has 2 fully saturated rings. The first kappa shape index (κ1) is 26.6. The number of carbonyl (C=O) groups is 1. The molecule has 2 aliphatic rings. The number of nitrogens with one attached hydrogen (secondary N) is 1. The number of piperidine rings is 1. The molecule has 2 N–H and O–H groups in total. The van der Waals surface area contributed by atoms with Crippen molar-refractivity contribution < 1.29 is 9.90 Å². The summed E-state index contributed by atoms with van der Waals surface area (Å²) in [5.41, 5.74) is 6.61. The average Bonchev–Trinajstić information content (AvgIpc) is 2.98. The van der Waals surface area contributed by atoms with Crippen LogP contribution < -0.4 is 15.1 Å². The molecule has 0 bridgehead atoms. The number of nitrogens with zero attached hydrogens (tertiary/aromatic N) is 4. The molecule has 7 heteroatoms. The van der Waals surface area contributed by atoms with E-state index in [-0.39, 0.29) is 18.6 Å². The number of aliphatic hydroxyl groups is 1. The first-order valence-corrected chi connectivity index (χ1v) is 13.8. The Morgan fingerprint density at radius 1 is 0.974 bits per heavy atom. The highest BCUT2D eigenvalue weighted by atomic mass is 16.3. The summed E-state index contributed by atoms with van der Waals surface area (Å²) >= 11 is 0. The molecular formula is C32H37N5O2. The Morgan fingerprint density at radius 3 is 2.41 bits per heavy atom. The molecule has 0 radical (unpaired) electrons. The molecule has 39 heavy (non-hydrogen) atoms. The minimum absolute atomic E-state index is 0.00407. The van der Waals surface area contributed by atoms with E-state index in [9.17, 15) is 15.2 Å². The van der Waals surface area contributed by atoms with Gasteiger partial charge in [0.25, 0.3) is 5.91 Å². The number of amides is 1. The van der Waals surface area contributed by atoms with E-state index in [1.807, 2.05) is 60.4 Å². The molecule has 0 unspecified atom stereocenters. The molecular weight excluding hydrogens is 486 g/mol. The number of carbonyl (C=O) groups excluding carboxylic acids is 1. The SMILES string of the molecule is Cc1cc(C)c(C(=O)N2CCN(c3ccccc3)[C@H](CO)C2)cc1NC1CCN(c2ccccc2C#N)CC1. The smallest absolute Gasteiger partial charge is 0.254 e. The Balaban J connectivity index is 1.26. The summed E-state index contributed by atoms with van der Waals surface area (Å²) in [5, 5.41) is 23.3. The summed E-state index contributed by atoms with van der Waals surface area (Å²) < 4.78 is 0. The van der Waals surface area contributed by atoms with Gasteiger partial charge >= 0.3 is 0 Å². The molecule has 2 heterocycles. The maximum atomic E-state index is 13.7. The van der Waals surface area contributed by atoms with E-state index >= 15 is 0 Å². The monoisotopic (exact) mass is 523 g/mol. The number of hydrogen-bond acceptors (Lipinski definition) is 6. The number of aryl methyl sites for hydroxylation is 2. The fraction of sp³-hybridized carbons (Fsp3) is 0.375. The number of para-hydroxylation sites is 2. The predicted molar refractivity (Wildman–Crippen MR) is 156 cm³/mol. The van der Waals surface area contributed by atoms with Crippen LogP contribution in [0, 0.1) is 25.2 Å². The quantitative estimate of drug-likeness (QED) is 0.492. The van der Waals surface area contributed by atoms with Crippen LogP contribution in [0.15, 0.2) is 66.7 Å². The van der Waals surface area contributed by atoms with Crippen LogP contribution in [0.5, 0.6) is 0 Å². The minimum Gasteiger partial charge on any atom is -0.394 e. The number of benzene rings is 3. The van der Waals surface area contributed by atoms with E-state index < -0.39 is 0 Å². The highest BCUT2D eigenvalue weighted by Crippen LogP contribution is 2.28. The highest BCUT2D eigenvalue weighted by molar-refractivity contribution is 5.97. The predicted octanol–water partition coefficient (Wildman–Crippen LogP) is 4.58. The number of piperazine rings is 1. The summed E-state index contributed by atoms with van der Waals surface area (Å²) in [6, 6.07) is 24.5. The molecule has 5 rings (SSSR count). The van der Waals surface area contributed by atoms with E-state index in [0.717, 1.165) is 59.7 Å². The topological polar surface area (TPSA) is 82.8 Å². The van der Waals surface area contributed by atoms with Gasteiger partial charge in [-0.25, -0.2) is 0 Å². The Kier molecular flexibility index (Phi) is 8.04. The average molecular weight is 524 g/mol. The zero-order chi connectivity index (χ0) is 27.4. The maximum absolute atomic E-state index is 13.7. The third kappa shape index (κ3) is 5.71. The van der Waals surface area contributed by atoms with Gasteiger partial charge in [0.05, 0.1) is 23.9 Å². The largest absolute Gasteiger partial charge is 0.394 e. The summed E-state index contributed by atoms with van der Waals surface area (Å²) in [5.74, 6) is 0.0182. The van der Waals surface area contributed by atoms with Crippen LogP contribution in [0.4, 0.5) is 17.1 Å². The first-order valence-electron chi connectivity index (χ1n) is 13.8. The van der Waals surface area contributed by atoms with Gasteiger partial charge in [-0.05, 0) is 68.1 Å². The van der Waals surface area contributed by atoms with E-state index in [1.54, 1.807) is 0 Å². The maximum Gasteiger partial charge on any atom is 0.254 e. The normalized spacial score (nSPS) is 18.1. The van der Waals surface area contributed by atoms with Crippen LogP contribution >= 0.6 is 0 Å². The standard InChI is InChI=1S/C32H37N5O2/c1-23-18-24(2)30(34-26-12-14-35(15-13-26)31-11-7-6-8-25(31)20-33)19-29(23)32(39)36-16-17-37(28(21-36)22-38)27-9-4-3-5-10-27/h3-11,18-19,26,28,34,38H,12-17,21-22H2,1-2H3/t28-/m0/s1. The lowest BCUT2D eigenvalue weighted by Crippen LogP contribution is -2.56. The van der Waals surface area contributed by atoms with Gasteiger partial charge < -0.3 is 25.1 Å². The van der Waals surface area contributed by atoms with E-state index in [4.69, 9.17) is 0 Å². The van der Waals surface area contributed by atoms with Crippen LogP contribution in [0.3, 0.4) is 0 Å². The van der Waals surface area contributed by atoms with E-state index in [0.29, 0.717) is 31.2 Å². The lowest BCUT2D eigenvalue weighted by molar-refractivity contribution is 0.0698. The lowest BCUT2D eigenvalue weighted by Gasteiger charge is -2.42. The minimum atomic E-state index is -0.134. The Bertz CT molecular complexity index is 1340. The van der Waals surface area contributed by atoms with Crippen LogP contribution in [0.2, 0.25) is 0 Å². The van der Waals surface area contributed by atoms with Crippen LogP contribution in [0.25, 0.3) is 0 Å². The van der Waals surface area contributed by atoms with Crippen molar-refractivity contribution in [1.82, 2.24) is 4.90 Å². The molecule has 2 saturated heterocycles. The molecule has 0 aliphatic carbocycles. The molecule has 2 aliphatic heterocycles. The van der Waals surface area contributed by atoms with Crippen molar-refractivity contribution in [2.24, 2.45) is 0 Å². The summed E-state index contributed by atoms with van der Waals surface area (Å²) in [6.45, 7) is 7.62. The summed E-state index contributed by atoms with van der Waals surface area (Å²) in [7, 11) is 0. The molecule has 7 nitrogen and oxygen atoms in total. The van der Waals surface area contributed by atoms with Gasteiger partial charge in [-0.15, -0.1) is 0 Å². The fourth-order valence-corrected chi connectivity index (χ4v) is 5.89. The van der Waals surface area contributed by atoms with Crippen molar-refractivity contribution >= 4 is 23.0 Å². The molecule has 1 amide bonds. The molecule has 202 valence electrons. The van der Waals surface area contributed by atoms with Crippen molar-refractivity contribution in [3.63, 3.8) is 0 Å². The Labute approximate surface area is 231 Å². The number of nitriles is 1. The Morgan fingerprint density at radius 2 is 1.69 bits per heavy atom. The van der Waals surface area contributed by atoms with Gasteiger partial charge in [0.15, 0.2) is 0 Å². The second-order valence-electron chi connectivity index (χ2n) is 10.6. The van der Waals surface area contributed by atoms with Gasteiger partial charge in [0.1, 0.15) is 6.07 Å². The molecule has 3 aromatic carbocycles. The van der Waals surface area contributed by atoms with Crippen molar-refractivity contribution in [3.8, 4) is 6.07 Å². The molecule has 1 atom stereocenters. The zero-order valence-electron chi connectivity index (χ0n) is 22.8. The molecule has 0 spiro atoms. The summed E-state index contributed by atoms with van der Waals surface area (Å²) in [4.78, 5) is 20.1. The van der Waals surface area contributed by atoms with Crippen LogP contribution in [-0.4, -0.2) is 67.3 Å². The summed E-state index contributed by atoms with van der Waals surface area (Å²) in [6.07, 6.45) is 1.91. The highest BCUT2D eigenvalue weighted by Gasteiger charge is 2.31. The van der Waals surface area contributed by atoms with Crippen LogP contribution in [0.1, 0.15) is 39.9 Å². The van der Waals surface area contributed by atoms with E-state index in [2.05, 4.69) is 46.3 Å². The second-order valence-corrected chi connectivity index (χ2v) is 10.6. The van der Waals surface area contributed by atoms with Gasteiger partial charge in [0, 0.05) is 55.7 Å². The molecule has 0 aromatic heterocycles. The van der Waals surface area contributed by atoms with Crippen molar-refractivity contribution in [2.75, 3.05) is 54.4 Å². The third-order valence-corrected chi connectivity index (χ3v) is 8.09. The second kappa shape index (κ2) is 11.8. The van der Waals surface area contributed by atoms with Crippen LogP contribution in [-0.2, 0) is 0 Å². The fourth-order valence-electron chi connectivity index (χ4n) is 5.89. The van der Waals surface area contributed by atoms with Gasteiger partial charge in [-0.2, -0.15) is 5.26 Å². The van der Waals surface area contributed by atoms with Gasteiger partial charge in [-0.1, -0.05) is 36.4 Å². The van der Waals surface area contributed by atoms with Crippen molar-refractivity contribution in [2.45, 2.75) is 38.8 Å².